The van der Waals surface area contributed by atoms with Crippen molar-refractivity contribution in [1.29, 1.82) is 0 Å². The number of thioether (sulfide) groups is 1. The standard InChI is InChI=1S/C30H33N5O2S2/c1-19-11-12-22(20(2)15-19)35-29-26(28(33-35)30(3,4)5)27(23-10-8-14-38-23)39-18-25(37)34(29)17-24(36)32-16-21-9-6-7-13-31-21/h6-15,27H,16-18H2,1-5H3,(H,32,36)/t27-/m1/s1. The molecule has 1 aromatic carbocycles. The highest BCUT2D eigenvalue weighted by atomic mass is 32.2. The number of aryl methyl sites for hydroxylation is 2. The molecule has 0 saturated carbocycles. The molecule has 0 unspecified atom stereocenters. The van der Waals surface area contributed by atoms with Gasteiger partial charge < -0.3 is 5.32 Å². The summed E-state index contributed by atoms with van der Waals surface area (Å²) in [6.07, 6.45) is 1.70. The van der Waals surface area contributed by atoms with Crippen molar-refractivity contribution in [3.05, 3.63) is 93.1 Å². The zero-order chi connectivity index (χ0) is 27.7. The second kappa shape index (κ2) is 11.0. The van der Waals surface area contributed by atoms with Crippen LogP contribution in [0.1, 0.15) is 59.0 Å². The average Bonchev–Trinajstić information content (AvgIpc) is 3.53. The van der Waals surface area contributed by atoms with Gasteiger partial charge in [-0.15, -0.1) is 23.1 Å². The Morgan fingerprint density at radius 2 is 1.95 bits per heavy atom. The van der Waals surface area contributed by atoms with E-state index in [0.29, 0.717) is 12.4 Å². The molecule has 9 heteroatoms. The highest BCUT2D eigenvalue weighted by molar-refractivity contribution is 8.00. The van der Waals surface area contributed by atoms with Crippen LogP contribution >= 0.6 is 23.1 Å². The maximum Gasteiger partial charge on any atom is 0.240 e. The number of aromatic nitrogens is 3. The van der Waals surface area contributed by atoms with E-state index >= 15 is 0 Å². The lowest BCUT2D eigenvalue weighted by Gasteiger charge is -2.24. The van der Waals surface area contributed by atoms with E-state index in [2.05, 4.69) is 68.5 Å². The van der Waals surface area contributed by atoms with Gasteiger partial charge in [0.2, 0.25) is 11.8 Å². The molecule has 0 bridgehead atoms. The van der Waals surface area contributed by atoms with Gasteiger partial charge in [0, 0.05) is 22.1 Å². The van der Waals surface area contributed by atoms with Crippen LogP contribution in [0.2, 0.25) is 0 Å². The smallest absolute Gasteiger partial charge is 0.240 e. The van der Waals surface area contributed by atoms with E-state index in [1.807, 2.05) is 35.0 Å². The third kappa shape index (κ3) is 5.65. The van der Waals surface area contributed by atoms with Gasteiger partial charge in [-0.25, -0.2) is 4.68 Å². The number of benzene rings is 1. The summed E-state index contributed by atoms with van der Waals surface area (Å²) in [7, 11) is 0. The number of carbonyl (C=O) groups is 2. The van der Waals surface area contributed by atoms with Gasteiger partial charge >= 0.3 is 0 Å². The van der Waals surface area contributed by atoms with Crippen molar-refractivity contribution in [1.82, 2.24) is 20.1 Å². The molecular formula is C30H33N5O2S2. The molecule has 3 aromatic heterocycles. The topological polar surface area (TPSA) is 80.1 Å². The van der Waals surface area contributed by atoms with Crippen LogP contribution in [0.3, 0.4) is 0 Å². The number of pyridine rings is 1. The second-order valence-corrected chi connectivity index (χ2v) is 12.9. The third-order valence-electron chi connectivity index (χ3n) is 6.68. The van der Waals surface area contributed by atoms with Crippen LogP contribution in [0.25, 0.3) is 5.69 Å². The minimum Gasteiger partial charge on any atom is -0.349 e. The summed E-state index contributed by atoms with van der Waals surface area (Å²) >= 11 is 3.28. The highest BCUT2D eigenvalue weighted by Gasteiger charge is 2.40. The van der Waals surface area contributed by atoms with Crippen LogP contribution in [-0.4, -0.2) is 38.9 Å². The van der Waals surface area contributed by atoms with E-state index in [1.165, 1.54) is 4.88 Å². The van der Waals surface area contributed by atoms with Crippen LogP contribution in [0.15, 0.2) is 60.1 Å². The van der Waals surface area contributed by atoms with E-state index < -0.39 is 0 Å². The first kappa shape index (κ1) is 27.1. The Balaban J connectivity index is 1.65. The van der Waals surface area contributed by atoms with Gasteiger partial charge in [0.1, 0.15) is 12.4 Å². The van der Waals surface area contributed by atoms with Gasteiger partial charge in [-0.3, -0.25) is 19.5 Å². The largest absolute Gasteiger partial charge is 0.349 e. The quantitative estimate of drug-likeness (QED) is 0.326. The van der Waals surface area contributed by atoms with Gasteiger partial charge in [0.25, 0.3) is 0 Å². The number of thiophene rings is 1. The number of nitrogens with zero attached hydrogens (tertiary/aromatic N) is 4. The molecule has 0 spiro atoms. The van der Waals surface area contributed by atoms with E-state index in [-0.39, 0.29) is 34.8 Å². The molecule has 4 heterocycles. The van der Waals surface area contributed by atoms with Crippen LogP contribution in [-0.2, 0) is 21.5 Å². The van der Waals surface area contributed by atoms with Gasteiger partial charge in [-0.05, 0) is 49.1 Å². The molecule has 5 rings (SSSR count). The van der Waals surface area contributed by atoms with Gasteiger partial charge in [-0.2, -0.15) is 5.10 Å². The number of nitrogens with one attached hydrogen (secondary N) is 1. The Hall–Kier alpha value is -3.43. The van der Waals surface area contributed by atoms with Crippen molar-refractivity contribution < 1.29 is 9.59 Å². The Bertz CT molecular complexity index is 1490. The highest BCUT2D eigenvalue weighted by Crippen LogP contribution is 2.49. The van der Waals surface area contributed by atoms with E-state index in [1.54, 1.807) is 34.2 Å². The molecule has 0 aliphatic carbocycles. The molecule has 39 heavy (non-hydrogen) atoms. The van der Waals surface area contributed by atoms with Crippen molar-refractivity contribution >= 4 is 40.7 Å². The molecule has 0 radical (unpaired) electrons. The summed E-state index contributed by atoms with van der Waals surface area (Å²) in [5, 5.41) is 10.1. The fourth-order valence-corrected chi connectivity index (χ4v) is 7.02. The second-order valence-electron chi connectivity index (χ2n) is 10.8. The van der Waals surface area contributed by atoms with E-state index in [0.717, 1.165) is 33.8 Å². The minimum atomic E-state index is -0.287. The third-order valence-corrected chi connectivity index (χ3v) is 9.00. The Morgan fingerprint density at radius 3 is 2.62 bits per heavy atom. The van der Waals surface area contributed by atoms with Gasteiger partial charge in [-0.1, -0.05) is 50.6 Å². The number of carbonyl (C=O) groups excluding carboxylic acids is 2. The number of hydrogen-bond acceptors (Lipinski definition) is 6. The van der Waals surface area contributed by atoms with Crippen molar-refractivity contribution in [2.75, 3.05) is 17.2 Å². The van der Waals surface area contributed by atoms with E-state index in [4.69, 9.17) is 5.10 Å². The minimum absolute atomic E-state index is 0.0701. The monoisotopic (exact) mass is 559 g/mol. The maximum absolute atomic E-state index is 13.8. The molecule has 1 N–H and O–H groups in total. The lowest BCUT2D eigenvalue weighted by Crippen LogP contribution is -2.42. The number of rotatable bonds is 6. The van der Waals surface area contributed by atoms with Crippen LogP contribution in [0, 0.1) is 13.8 Å². The van der Waals surface area contributed by atoms with Crippen molar-refractivity contribution in [2.45, 2.75) is 51.8 Å². The van der Waals surface area contributed by atoms with Gasteiger partial charge in [0.05, 0.1) is 34.6 Å². The molecule has 1 aliphatic rings. The summed E-state index contributed by atoms with van der Waals surface area (Å²) < 4.78 is 1.89. The first-order valence-electron chi connectivity index (χ1n) is 13.0. The lowest BCUT2D eigenvalue weighted by molar-refractivity contribution is -0.123. The van der Waals surface area contributed by atoms with Crippen LogP contribution < -0.4 is 10.2 Å². The molecule has 1 aliphatic heterocycles. The summed E-state index contributed by atoms with van der Waals surface area (Å²) in [4.78, 5) is 34.1. The molecule has 0 saturated heterocycles. The van der Waals surface area contributed by atoms with Crippen LogP contribution in [0.5, 0.6) is 0 Å². The number of hydrogen-bond donors (Lipinski definition) is 1. The number of amides is 2. The molecule has 4 aromatic rings. The molecule has 202 valence electrons. The van der Waals surface area contributed by atoms with Crippen molar-refractivity contribution in [2.24, 2.45) is 0 Å². The van der Waals surface area contributed by atoms with Crippen LogP contribution in [0.4, 0.5) is 5.82 Å². The molecule has 2 amide bonds. The summed E-state index contributed by atoms with van der Waals surface area (Å²) in [6, 6.07) is 16.0. The predicted molar refractivity (Wildman–Crippen MR) is 159 cm³/mol. The van der Waals surface area contributed by atoms with Crippen molar-refractivity contribution in [3.8, 4) is 5.69 Å². The first-order chi connectivity index (χ1) is 18.6. The normalized spacial score (nSPS) is 15.7. The lowest BCUT2D eigenvalue weighted by atomic mass is 9.88. The molecule has 7 nitrogen and oxygen atoms in total. The number of fused-ring (bicyclic) bond motifs is 1. The molecular weight excluding hydrogens is 526 g/mol. The van der Waals surface area contributed by atoms with Gasteiger partial charge in [0.15, 0.2) is 0 Å². The summed E-state index contributed by atoms with van der Waals surface area (Å²) in [5.41, 5.74) is 5.50. The fraction of sp³-hybridized carbons (Fsp3) is 0.333. The Morgan fingerprint density at radius 1 is 1.13 bits per heavy atom. The Labute approximate surface area is 237 Å². The van der Waals surface area contributed by atoms with E-state index in [9.17, 15) is 9.59 Å². The average molecular weight is 560 g/mol. The SMILES string of the molecule is Cc1ccc(-n2nc(C(C)(C)C)c3c2N(CC(=O)NCc2ccccn2)C(=O)CS[C@@H]3c2cccs2)c(C)c1. The first-order valence-corrected chi connectivity index (χ1v) is 14.9. The fourth-order valence-electron chi connectivity index (χ4n) is 4.84. The Kier molecular flexibility index (Phi) is 7.64. The summed E-state index contributed by atoms with van der Waals surface area (Å²) in [6.45, 7) is 10.8. The molecule has 0 fully saturated rings. The zero-order valence-electron chi connectivity index (χ0n) is 22.9. The zero-order valence-corrected chi connectivity index (χ0v) is 24.5. The number of anilines is 1. The maximum atomic E-state index is 13.8. The predicted octanol–water partition coefficient (Wildman–Crippen LogP) is 5.73. The summed E-state index contributed by atoms with van der Waals surface area (Å²) in [5.74, 6) is 0.583. The van der Waals surface area contributed by atoms with Crippen molar-refractivity contribution in [3.63, 3.8) is 0 Å². The molecule has 1 atom stereocenters.